The number of nitrogens with one attached hydrogen (secondary N) is 1. The van der Waals surface area contributed by atoms with Crippen LogP contribution in [-0.2, 0) is 0 Å². The number of carbonyl (C=O) groups is 1. The van der Waals surface area contributed by atoms with Crippen molar-refractivity contribution < 1.29 is 31.5 Å². The molecule has 0 spiro atoms. The highest BCUT2D eigenvalue weighted by Gasteiger charge is 2.30. The molecule has 9 heteroatoms. The average molecular weight is 466 g/mol. The van der Waals surface area contributed by atoms with Crippen molar-refractivity contribution >= 4 is 33.5 Å². The van der Waals surface area contributed by atoms with Crippen LogP contribution in [0.2, 0.25) is 0 Å². The second kappa shape index (κ2) is 8.18. The molecule has 34 heavy (non-hydrogen) atoms. The second-order valence-corrected chi connectivity index (χ2v) is 7.38. The highest BCUT2D eigenvalue weighted by molar-refractivity contribution is 6.05. The molecule has 0 atom stereocenters. The number of methoxy groups -OCH3 is 1. The maximum Gasteiger partial charge on any atom is 0.261 e. The van der Waals surface area contributed by atoms with Gasteiger partial charge >= 0.3 is 0 Å². The van der Waals surface area contributed by atoms with E-state index in [1.165, 1.54) is 18.2 Å². The summed E-state index contributed by atoms with van der Waals surface area (Å²) in [5.74, 6) is -9.65. The van der Waals surface area contributed by atoms with Gasteiger partial charge in [0.1, 0.15) is 11.1 Å². The van der Waals surface area contributed by atoms with Crippen molar-refractivity contribution in [1.29, 1.82) is 0 Å². The van der Waals surface area contributed by atoms with E-state index >= 15 is 0 Å². The topological polar surface area (TPSA) is 64.4 Å². The minimum absolute atomic E-state index is 0.0892. The van der Waals surface area contributed by atoms with Crippen LogP contribution in [0.15, 0.2) is 65.1 Å². The van der Waals surface area contributed by atoms with Crippen LogP contribution < -0.4 is 10.1 Å². The molecule has 0 saturated carbocycles. The molecule has 5 rings (SSSR count). The van der Waals surface area contributed by atoms with Gasteiger partial charge in [-0.2, -0.15) is 8.78 Å². The normalized spacial score (nSPS) is 11.2. The third kappa shape index (κ3) is 3.51. The Morgan fingerprint density at radius 2 is 1.59 bits per heavy atom. The molecule has 4 aromatic carbocycles. The molecule has 0 unspecified atom stereocenters. The smallest absolute Gasteiger partial charge is 0.261 e. The van der Waals surface area contributed by atoms with E-state index in [1.807, 2.05) is 42.5 Å². The fraction of sp³-hybridized carbons (Fsp3) is 0.0400. The number of nitrogens with zero attached hydrogens (tertiary/aromatic N) is 1. The van der Waals surface area contributed by atoms with Crippen LogP contribution in [0.25, 0.3) is 33.3 Å². The zero-order chi connectivity index (χ0) is 24.0. The molecule has 5 nitrogen and oxygen atoms in total. The molecule has 0 aliphatic carbocycles. The zero-order valence-corrected chi connectivity index (χ0v) is 17.5. The van der Waals surface area contributed by atoms with Gasteiger partial charge in [-0.05, 0) is 41.1 Å². The first-order valence-electron chi connectivity index (χ1n) is 9.98. The van der Waals surface area contributed by atoms with E-state index in [-0.39, 0.29) is 5.69 Å². The number of hydrogen-bond donors (Lipinski definition) is 1. The van der Waals surface area contributed by atoms with Crippen molar-refractivity contribution in [3.05, 3.63) is 89.5 Å². The predicted octanol–water partition coefficient (Wildman–Crippen LogP) is 6.47. The molecule has 0 fully saturated rings. The summed E-state index contributed by atoms with van der Waals surface area (Å²) in [6.07, 6.45) is 0. The van der Waals surface area contributed by atoms with Crippen molar-refractivity contribution in [3.8, 4) is 17.2 Å². The predicted molar refractivity (Wildman–Crippen MR) is 118 cm³/mol. The van der Waals surface area contributed by atoms with Crippen LogP contribution in [0.1, 0.15) is 10.4 Å². The third-order valence-electron chi connectivity index (χ3n) is 5.30. The molecule has 1 amide bonds. The van der Waals surface area contributed by atoms with E-state index in [9.17, 15) is 22.4 Å². The molecule has 0 radical (unpaired) electrons. The number of hydrogen-bond acceptors (Lipinski definition) is 4. The summed E-state index contributed by atoms with van der Waals surface area (Å²) in [7, 11) is 0.847. The van der Waals surface area contributed by atoms with Gasteiger partial charge in [0.25, 0.3) is 5.91 Å². The zero-order valence-electron chi connectivity index (χ0n) is 17.5. The molecule has 1 aromatic heterocycles. The monoisotopic (exact) mass is 466 g/mol. The van der Waals surface area contributed by atoms with Gasteiger partial charge in [-0.1, -0.05) is 30.3 Å². The Balaban J connectivity index is 1.47. The van der Waals surface area contributed by atoms with Crippen LogP contribution in [0, 0.1) is 23.3 Å². The average Bonchev–Trinajstić information content (AvgIpc) is 3.26. The molecule has 0 aliphatic heterocycles. The van der Waals surface area contributed by atoms with Crippen LogP contribution in [0.3, 0.4) is 0 Å². The third-order valence-corrected chi connectivity index (χ3v) is 5.30. The Labute approximate surface area is 189 Å². The van der Waals surface area contributed by atoms with Gasteiger partial charge in [0.15, 0.2) is 23.0 Å². The standard InChI is InChI=1S/C25H14F4N2O3/c1-33-23-21(28)19(26)18(20(27)22(23)29)24(32)30-15-8-9-17-16(11-15)31-25(34-17)14-7-6-12-4-2-3-5-13(12)10-14/h2-11H,1H3,(H,30,32). The van der Waals surface area contributed by atoms with E-state index in [0.717, 1.165) is 23.4 Å². The Morgan fingerprint density at radius 3 is 2.29 bits per heavy atom. The van der Waals surface area contributed by atoms with Gasteiger partial charge in [0, 0.05) is 11.3 Å². The number of oxazole rings is 1. The van der Waals surface area contributed by atoms with E-state index in [0.29, 0.717) is 17.0 Å². The quantitative estimate of drug-likeness (QED) is 0.244. The number of ether oxygens (including phenoxy) is 1. The SMILES string of the molecule is COc1c(F)c(F)c(C(=O)Nc2ccc3oc(-c4ccc5ccccc5c4)nc3c2)c(F)c1F. The first-order valence-corrected chi connectivity index (χ1v) is 9.98. The Bertz CT molecular complexity index is 1570. The molecule has 170 valence electrons. The summed E-state index contributed by atoms with van der Waals surface area (Å²) < 4.78 is 66.5. The van der Waals surface area contributed by atoms with Crippen LogP contribution in [0.4, 0.5) is 23.2 Å². The van der Waals surface area contributed by atoms with Crippen LogP contribution in [-0.4, -0.2) is 18.0 Å². The summed E-state index contributed by atoms with van der Waals surface area (Å²) in [5, 5.41) is 4.27. The van der Waals surface area contributed by atoms with Gasteiger partial charge in [-0.3, -0.25) is 4.79 Å². The van der Waals surface area contributed by atoms with E-state index < -0.39 is 40.5 Å². The molecule has 0 saturated heterocycles. The fourth-order valence-corrected chi connectivity index (χ4v) is 3.63. The molecule has 0 bridgehead atoms. The summed E-state index contributed by atoms with van der Waals surface area (Å²) in [6.45, 7) is 0. The van der Waals surface area contributed by atoms with Gasteiger partial charge in [0.2, 0.25) is 17.5 Å². The first kappa shape index (κ1) is 21.4. The van der Waals surface area contributed by atoms with E-state index in [4.69, 9.17) is 4.42 Å². The summed E-state index contributed by atoms with van der Waals surface area (Å²) in [5.41, 5.74) is 0.169. The second-order valence-electron chi connectivity index (χ2n) is 7.38. The summed E-state index contributed by atoms with van der Waals surface area (Å²) >= 11 is 0. The molecule has 1 heterocycles. The van der Waals surface area contributed by atoms with Gasteiger partial charge in [-0.25, -0.2) is 13.8 Å². The minimum atomic E-state index is -1.87. The lowest BCUT2D eigenvalue weighted by Crippen LogP contribution is -2.18. The van der Waals surface area contributed by atoms with Crippen LogP contribution >= 0.6 is 0 Å². The van der Waals surface area contributed by atoms with Crippen molar-refractivity contribution in [1.82, 2.24) is 4.98 Å². The maximum atomic E-state index is 14.2. The molecular formula is C25H14F4N2O3. The molecule has 0 aliphatic rings. The molecule has 1 N–H and O–H groups in total. The largest absolute Gasteiger partial charge is 0.491 e. The molecular weight excluding hydrogens is 452 g/mol. The number of amides is 1. The van der Waals surface area contributed by atoms with Gasteiger partial charge in [0.05, 0.1) is 7.11 Å². The lowest BCUT2D eigenvalue weighted by Gasteiger charge is -2.11. The maximum absolute atomic E-state index is 14.2. The number of aromatic nitrogens is 1. The van der Waals surface area contributed by atoms with Gasteiger partial charge < -0.3 is 14.5 Å². The highest BCUT2D eigenvalue weighted by atomic mass is 19.2. The number of fused-ring (bicyclic) bond motifs is 2. The van der Waals surface area contributed by atoms with Gasteiger partial charge in [-0.15, -0.1) is 0 Å². The molecule has 5 aromatic rings. The Hall–Kier alpha value is -4.40. The van der Waals surface area contributed by atoms with Crippen molar-refractivity contribution in [3.63, 3.8) is 0 Å². The Morgan fingerprint density at radius 1 is 0.882 bits per heavy atom. The number of carbonyl (C=O) groups excluding carboxylic acids is 1. The number of halogens is 4. The van der Waals surface area contributed by atoms with Crippen molar-refractivity contribution in [2.45, 2.75) is 0 Å². The van der Waals surface area contributed by atoms with Crippen molar-refractivity contribution in [2.24, 2.45) is 0 Å². The number of benzene rings is 4. The number of rotatable bonds is 4. The Kier molecular flexibility index (Phi) is 5.16. The lowest BCUT2D eigenvalue weighted by molar-refractivity contribution is 0.101. The van der Waals surface area contributed by atoms with E-state index in [2.05, 4.69) is 15.0 Å². The first-order chi connectivity index (χ1) is 16.4. The van der Waals surface area contributed by atoms with Crippen molar-refractivity contribution in [2.75, 3.05) is 12.4 Å². The van der Waals surface area contributed by atoms with E-state index in [1.54, 1.807) is 0 Å². The summed E-state index contributed by atoms with van der Waals surface area (Å²) in [4.78, 5) is 16.9. The number of anilines is 1. The fourth-order valence-electron chi connectivity index (χ4n) is 3.63. The van der Waals surface area contributed by atoms with Crippen LogP contribution in [0.5, 0.6) is 5.75 Å². The highest BCUT2D eigenvalue weighted by Crippen LogP contribution is 2.31. The lowest BCUT2D eigenvalue weighted by atomic mass is 10.1. The summed E-state index contributed by atoms with van der Waals surface area (Å²) in [6, 6.07) is 17.8. The minimum Gasteiger partial charge on any atom is -0.491 e.